The summed E-state index contributed by atoms with van der Waals surface area (Å²) in [4.78, 5) is 2.44. The summed E-state index contributed by atoms with van der Waals surface area (Å²) in [7, 11) is 1.72. The Hall–Kier alpha value is -1.10. The Morgan fingerprint density at radius 3 is 2.80 bits per heavy atom. The van der Waals surface area contributed by atoms with Crippen LogP contribution in [0.2, 0.25) is 0 Å². The van der Waals surface area contributed by atoms with E-state index in [-0.39, 0.29) is 11.6 Å². The number of rotatable bonds is 4. The van der Waals surface area contributed by atoms with Gasteiger partial charge in [0.1, 0.15) is 5.75 Å². The molecular weight excluding hydrogens is 252 g/mol. The number of hydrogen-bond acceptors (Lipinski definition) is 4. The normalized spacial score (nSPS) is 20.6. The lowest BCUT2D eigenvalue weighted by molar-refractivity contribution is -0.0555. The molecule has 4 nitrogen and oxygen atoms in total. The van der Waals surface area contributed by atoms with Crippen LogP contribution < -0.4 is 10.5 Å². The highest BCUT2D eigenvalue weighted by Gasteiger charge is 2.30. The van der Waals surface area contributed by atoms with Gasteiger partial charge < -0.3 is 15.2 Å². The monoisotopic (exact) mass is 278 g/mol. The Kier molecular flexibility index (Phi) is 4.68. The summed E-state index contributed by atoms with van der Waals surface area (Å²) < 4.78 is 11.1. The molecule has 1 aliphatic rings. The van der Waals surface area contributed by atoms with E-state index < -0.39 is 0 Å². The molecular formula is C16H26N2O2. The van der Waals surface area contributed by atoms with Crippen molar-refractivity contribution in [3.63, 3.8) is 0 Å². The van der Waals surface area contributed by atoms with Crippen molar-refractivity contribution < 1.29 is 9.47 Å². The molecule has 0 radical (unpaired) electrons. The van der Waals surface area contributed by atoms with Crippen LogP contribution in [0.15, 0.2) is 18.2 Å². The molecule has 1 fully saturated rings. The van der Waals surface area contributed by atoms with E-state index in [4.69, 9.17) is 15.2 Å². The van der Waals surface area contributed by atoms with Gasteiger partial charge in [0.25, 0.3) is 0 Å². The maximum atomic E-state index is 5.99. The van der Waals surface area contributed by atoms with E-state index in [9.17, 15) is 0 Å². The average Bonchev–Trinajstić information content (AvgIpc) is 2.41. The molecule has 1 aromatic rings. The number of benzene rings is 1. The van der Waals surface area contributed by atoms with Gasteiger partial charge >= 0.3 is 0 Å². The first-order valence-electron chi connectivity index (χ1n) is 7.19. The fraction of sp³-hybridized carbons (Fsp3) is 0.625. The summed E-state index contributed by atoms with van der Waals surface area (Å²) >= 11 is 0. The fourth-order valence-electron chi connectivity index (χ4n) is 2.59. The molecule has 0 spiro atoms. The third-order valence-corrected chi connectivity index (χ3v) is 4.01. The predicted octanol–water partition coefficient (Wildman–Crippen LogP) is 2.33. The zero-order valence-corrected chi connectivity index (χ0v) is 13.0. The largest absolute Gasteiger partial charge is 0.496 e. The van der Waals surface area contributed by atoms with E-state index in [1.807, 2.05) is 19.1 Å². The lowest BCUT2D eigenvalue weighted by Gasteiger charge is -2.42. The van der Waals surface area contributed by atoms with Crippen LogP contribution in [0.25, 0.3) is 0 Å². The summed E-state index contributed by atoms with van der Waals surface area (Å²) in [5.41, 5.74) is 8.37. The van der Waals surface area contributed by atoms with E-state index in [1.165, 1.54) is 5.56 Å². The third-order valence-electron chi connectivity index (χ3n) is 4.01. The van der Waals surface area contributed by atoms with Crippen LogP contribution in [-0.2, 0) is 11.3 Å². The highest BCUT2D eigenvalue weighted by atomic mass is 16.5. The number of nitrogens with zero attached hydrogens (tertiary/aromatic N) is 1. The van der Waals surface area contributed by atoms with Crippen molar-refractivity contribution in [1.29, 1.82) is 0 Å². The molecule has 0 amide bonds. The summed E-state index contributed by atoms with van der Waals surface area (Å²) in [6.07, 6.45) is 0. The lowest BCUT2D eigenvalue weighted by Crippen LogP contribution is -2.52. The van der Waals surface area contributed by atoms with Crippen LogP contribution in [0.5, 0.6) is 5.75 Å². The SMILES string of the molecule is COc1ccc(C(C)N)cc1CN1CCOCC1(C)C. The van der Waals surface area contributed by atoms with Gasteiger partial charge in [-0.1, -0.05) is 6.07 Å². The number of hydrogen-bond donors (Lipinski definition) is 1. The van der Waals surface area contributed by atoms with Crippen LogP contribution in [0.3, 0.4) is 0 Å². The van der Waals surface area contributed by atoms with Crippen molar-refractivity contribution in [3.05, 3.63) is 29.3 Å². The lowest BCUT2D eigenvalue weighted by atomic mass is 9.99. The standard InChI is InChI=1S/C16H26N2O2/c1-12(17)13-5-6-15(19-4)14(9-13)10-18-7-8-20-11-16(18,2)3/h5-6,9,12H,7-8,10-11,17H2,1-4H3. The Bertz CT molecular complexity index is 458. The van der Waals surface area contributed by atoms with Crippen molar-refractivity contribution in [2.45, 2.75) is 38.9 Å². The number of methoxy groups -OCH3 is 1. The molecule has 0 aromatic heterocycles. The van der Waals surface area contributed by atoms with Crippen LogP contribution in [0, 0.1) is 0 Å². The van der Waals surface area contributed by atoms with Gasteiger partial charge in [0.15, 0.2) is 0 Å². The minimum atomic E-state index is 0.0392. The topological polar surface area (TPSA) is 47.7 Å². The average molecular weight is 278 g/mol. The van der Waals surface area contributed by atoms with Crippen molar-refractivity contribution >= 4 is 0 Å². The molecule has 0 bridgehead atoms. The quantitative estimate of drug-likeness (QED) is 0.918. The van der Waals surface area contributed by atoms with Gasteiger partial charge in [-0.25, -0.2) is 0 Å². The minimum absolute atomic E-state index is 0.0392. The molecule has 20 heavy (non-hydrogen) atoms. The second-order valence-electron chi connectivity index (χ2n) is 6.15. The number of nitrogens with two attached hydrogens (primary N) is 1. The summed E-state index contributed by atoms with van der Waals surface area (Å²) in [5, 5.41) is 0. The first-order valence-corrected chi connectivity index (χ1v) is 7.19. The molecule has 1 heterocycles. The van der Waals surface area contributed by atoms with Gasteiger partial charge in [0.2, 0.25) is 0 Å². The van der Waals surface area contributed by atoms with Gasteiger partial charge in [0, 0.05) is 30.2 Å². The molecule has 2 rings (SSSR count). The highest BCUT2D eigenvalue weighted by Crippen LogP contribution is 2.28. The molecule has 1 aromatic carbocycles. The molecule has 4 heteroatoms. The second kappa shape index (κ2) is 6.12. The molecule has 1 atom stereocenters. The molecule has 0 saturated carbocycles. The number of morpholine rings is 1. The van der Waals surface area contributed by atoms with E-state index in [1.54, 1.807) is 7.11 Å². The van der Waals surface area contributed by atoms with Crippen molar-refractivity contribution in [1.82, 2.24) is 4.90 Å². The predicted molar refractivity (Wildman–Crippen MR) is 80.9 cm³/mol. The number of ether oxygens (including phenoxy) is 2. The summed E-state index contributed by atoms with van der Waals surface area (Å²) in [6, 6.07) is 6.26. The molecule has 112 valence electrons. The first kappa shape index (κ1) is 15.3. The highest BCUT2D eigenvalue weighted by molar-refractivity contribution is 5.38. The van der Waals surface area contributed by atoms with Crippen LogP contribution in [0.4, 0.5) is 0 Å². The van der Waals surface area contributed by atoms with Crippen molar-refractivity contribution in [2.75, 3.05) is 26.9 Å². The van der Waals surface area contributed by atoms with Crippen LogP contribution in [-0.4, -0.2) is 37.3 Å². The summed E-state index contributed by atoms with van der Waals surface area (Å²) in [6.45, 7) is 9.80. The van der Waals surface area contributed by atoms with Crippen molar-refractivity contribution in [2.24, 2.45) is 5.73 Å². The minimum Gasteiger partial charge on any atom is -0.496 e. The zero-order chi connectivity index (χ0) is 14.8. The van der Waals surface area contributed by atoms with E-state index >= 15 is 0 Å². The summed E-state index contributed by atoms with van der Waals surface area (Å²) in [5.74, 6) is 0.927. The molecule has 1 saturated heterocycles. The van der Waals surface area contributed by atoms with E-state index in [0.29, 0.717) is 0 Å². The smallest absolute Gasteiger partial charge is 0.123 e. The molecule has 1 aliphatic heterocycles. The Morgan fingerprint density at radius 2 is 2.20 bits per heavy atom. The first-order chi connectivity index (χ1) is 9.44. The van der Waals surface area contributed by atoms with Gasteiger partial charge in [0.05, 0.1) is 20.3 Å². The van der Waals surface area contributed by atoms with E-state index in [0.717, 1.165) is 37.6 Å². The maximum Gasteiger partial charge on any atom is 0.123 e. The molecule has 1 unspecified atom stereocenters. The Labute approximate surface area is 121 Å². The van der Waals surface area contributed by atoms with E-state index in [2.05, 4.69) is 24.8 Å². The Morgan fingerprint density at radius 1 is 1.45 bits per heavy atom. The second-order valence-corrected chi connectivity index (χ2v) is 6.15. The van der Waals surface area contributed by atoms with Gasteiger partial charge in [-0.2, -0.15) is 0 Å². The van der Waals surface area contributed by atoms with Crippen LogP contribution >= 0.6 is 0 Å². The zero-order valence-electron chi connectivity index (χ0n) is 13.0. The maximum absolute atomic E-state index is 5.99. The molecule has 2 N–H and O–H groups in total. The van der Waals surface area contributed by atoms with Crippen molar-refractivity contribution in [3.8, 4) is 5.75 Å². The fourth-order valence-corrected chi connectivity index (χ4v) is 2.59. The molecule has 0 aliphatic carbocycles. The van der Waals surface area contributed by atoms with Gasteiger partial charge in [-0.3, -0.25) is 4.90 Å². The van der Waals surface area contributed by atoms with Crippen LogP contribution in [0.1, 0.15) is 37.9 Å². The third kappa shape index (κ3) is 3.32. The Balaban J connectivity index is 2.24. The van der Waals surface area contributed by atoms with Gasteiger partial charge in [-0.05, 0) is 38.5 Å². The van der Waals surface area contributed by atoms with Gasteiger partial charge in [-0.15, -0.1) is 0 Å².